The van der Waals surface area contributed by atoms with Gasteiger partial charge in [0.25, 0.3) is 0 Å². The van der Waals surface area contributed by atoms with E-state index in [9.17, 15) is 4.79 Å². The van der Waals surface area contributed by atoms with E-state index in [1.807, 2.05) is 35.0 Å². The van der Waals surface area contributed by atoms with Crippen molar-refractivity contribution in [1.82, 2.24) is 15.1 Å². The summed E-state index contributed by atoms with van der Waals surface area (Å²) in [6.07, 6.45) is 3.71. The van der Waals surface area contributed by atoms with E-state index in [4.69, 9.17) is 0 Å². The fraction of sp³-hybridized carbons (Fsp3) is 0.375. The Morgan fingerprint density at radius 2 is 2.13 bits per heavy atom. The van der Waals surface area contributed by atoms with Crippen LogP contribution in [0.5, 0.6) is 0 Å². The van der Waals surface area contributed by atoms with E-state index in [0.29, 0.717) is 6.54 Å². The molecule has 2 N–H and O–H groups in total. The maximum Gasteiger partial charge on any atom is 0.229 e. The number of carbonyl (C=O) groups excluding carboxylic acids is 1. The molecule has 1 aromatic heterocycles. The van der Waals surface area contributed by atoms with Crippen molar-refractivity contribution in [3.8, 4) is 0 Å². The molecule has 124 valence electrons. The van der Waals surface area contributed by atoms with E-state index < -0.39 is 0 Å². The molecular formula is C16H20BrClN4O. The fourth-order valence-corrected chi connectivity index (χ4v) is 2.90. The molecule has 1 aromatic carbocycles. The third-order valence-electron chi connectivity index (χ3n) is 3.88. The zero-order valence-electron chi connectivity index (χ0n) is 12.7. The second-order valence-electron chi connectivity index (χ2n) is 5.53. The molecule has 1 atom stereocenters. The van der Waals surface area contributed by atoms with Gasteiger partial charge in [0.1, 0.15) is 5.82 Å². The molecule has 1 unspecified atom stereocenters. The van der Waals surface area contributed by atoms with Crippen LogP contribution in [-0.4, -0.2) is 28.8 Å². The van der Waals surface area contributed by atoms with Gasteiger partial charge in [-0.3, -0.25) is 4.79 Å². The minimum Gasteiger partial charge on any atom is -0.316 e. The van der Waals surface area contributed by atoms with Gasteiger partial charge in [0.15, 0.2) is 0 Å². The van der Waals surface area contributed by atoms with E-state index >= 15 is 0 Å². The first kappa shape index (κ1) is 18.0. The van der Waals surface area contributed by atoms with Crippen LogP contribution in [0, 0.1) is 5.92 Å². The summed E-state index contributed by atoms with van der Waals surface area (Å²) in [6.45, 7) is 2.40. The maximum atomic E-state index is 12.3. The molecule has 0 spiro atoms. The number of rotatable bonds is 4. The summed E-state index contributed by atoms with van der Waals surface area (Å²) in [7, 11) is 0. The lowest BCUT2D eigenvalue weighted by molar-refractivity contribution is -0.120. The molecule has 1 fully saturated rings. The molecule has 0 saturated carbocycles. The highest BCUT2D eigenvalue weighted by Crippen LogP contribution is 2.16. The number of nitrogens with zero attached hydrogens (tertiary/aromatic N) is 2. The molecule has 1 saturated heterocycles. The van der Waals surface area contributed by atoms with Gasteiger partial charge in [0, 0.05) is 17.1 Å². The van der Waals surface area contributed by atoms with E-state index in [2.05, 4.69) is 31.7 Å². The first-order chi connectivity index (χ1) is 10.7. The quantitative estimate of drug-likeness (QED) is 0.831. The average molecular weight is 400 g/mol. The van der Waals surface area contributed by atoms with Crippen molar-refractivity contribution in [2.24, 2.45) is 5.92 Å². The third kappa shape index (κ3) is 4.80. The lowest BCUT2D eigenvalue weighted by Gasteiger charge is -2.22. The largest absolute Gasteiger partial charge is 0.316 e. The fourth-order valence-electron chi connectivity index (χ4n) is 2.63. The molecule has 23 heavy (non-hydrogen) atoms. The highest BCUT2D eigenvalue weighted by atomic mass is 79.9. The Balaban J connectivity index is 0.00000192. The van der Waals surface area contributed by atoms with Crippen LogP contribution in [0.3, 0.4) is 0 Å². The number of hydrogen-bond acceptors (Lipinski definition) is 3. The second kappa shape index (κ2) is 8.47. The van der Waals surface area contributed by atoms with Gasteiger partial charge in [-0.2, -0.15) is 5.10 Å². The molecule has 7 heteroatoms. The first-order valence-electron chi connectivity index (χ1n) is 7.50. The SMILES string of the molecule is Cl.O=C(Nc1ccnn1Cc1ccc(Br)cc1)C1CCCNC1. The topological polar surface area (TPSA) is 59.0 Å². The summed E-state index contributed by atoms with van der Waals surface area (Å²) in [5, 5.41) is 10.6. The predicted molar refractivity (Wildman–Crippen MR) is 96.9 cm³/mol. The zero-order chi connectivity index (χ0) is 15.4. The molecule has 2 aromatic rings. The first-order valence-corrected chi connectivity index (χ1v) is 8.29. The van der Waals surface area contributed by atoms with Crippen molar-refractivity contribution in [2.75, 3.05) is 18.4 Å². The van der Waals surface area contributed by atoms with Crippen molar-refractivity contribution < 1.29 is 4.79 Å². The van der Waals surface area contributed by atoms with Crippen molar-refractivity contribution >= 4 is 40.1 Å². The Hall–Kier alpha value is -1.37. The number of carbonyl (C=O) groups is 1. The van der Waals surface area contributed by atoms with Gasteiger partial charge < -0.3 is 10.6 Å². The van der Waals surface area contributed by atoms with Gasteiger partial charge in [0.05, 0.1) is 18.7 Å². The van der Waals surface area contributed by atoms with Crippen molar-refractivity contribution in [1.29, 1.82) is 0 Å². The molecule has 0 aliphatic carbocycles. The molecular weight excluding hydrogens is 380 g/mol. The Morgan fingerprint density at radius 3 is 2.83 bits per heavy atom. The summed E-state index contributed by atoms with van der Waals surface area (Å²) in [5.41, 5.74) is 1.14. The minimum atomic E-state index is 0. The van der Waals surface area contributed by atoms with Crippen LogP contribution in [0.2, 0.25) is 0 Å². The lowest BCUT2D eigenvalue weighted by Crippen LogP contribution is -2.37. The molecule has 5 nitrogen and oxygen atoms in total. The monoisotopic (exact) mass is 398 g/mol. The molecule has 0 radical (unpaired) electrons. The molecule has 1 aliphatic heterocycles. The van der Waals surface area contributed by atoms with Crippen LogP contribution >= 0.6 is 28.3 Å². The number of nitrogens with one attached hydrogen (secondary N) is 2. The number of halogens is 2. The van der Waals surface area contributed by atoms with Gasteiger partial charge in [-0.05, 0) is 37.1 Å². The third-order valence-corrected chi connectivity index (χ3v) is 4.41. The van der Waals surface area contributed by atoms with Crippen LogP contribution in [-0.2, 0) is 11.3 Å². The highest BCUT2D eigenvalue weighted by molar-refractivity contribution is 9.10. The Kier molecular flexibility index (Phi) is 6.62. The van der Waals surface area contributed by atoms with Crippen molar-refractivity contribution in [2.45, 2.75) is 19.4 Å². The van der Waals surface area contributed by atoms with Crippen molar-refractivity contribution in [3.63, 3.8) is 0 Å². The number of benzene rings is 1. The highest BCUT2D eigenvalue weighted by Gasteiger charge is 2.21. The Labute approximate surface area is 150 Å². The van der Waals surface area contributed by atoms with E-state index in [1.165, 1.54) is 0 Å². The molecule has 2 heterocycles. The summed E-state index contributed by atoms with van der Waals surface area (Å²) < 4.78 is 2.87. The predicted octanol–water partition coefficient (Wildman–Crippen LogP) is 3.05. The van der Waals surface area contributed by atoms with Gasteiger partial charge >= 0.3 is 0 Å². The summed E-state index contributed by atoms with van der Waals surface area (Å²) in [4.78, 5) is 12.3. The molecule has 1 amide bonds. The summed E-state index contributed by atoms with van der Waals surface area (Å²) in [6, 6.07) is 9.94. The van der Waals surface area contributed by atoms with Crippen LogP contribution in [0.1, 0.15) is 18.4 Å². The van der Waals surface area contributed by atoms with Gasteiger partial charge in [0.2, 0.25) is 5.91 Å². The molecule has 1 aliphatic rings. The number of aromatic nitrogens is 2. The van der Waals surface area contributed by atoms with Gasteiger partial charge in [-0.25, -0.2) is 4.68 Å². The summed E-state index contributed by atoms with van der Waals surface area (Å²) >= 11 is 3.43. The van der Waals surface area contributed by atoms with E-state index in [1.54, 1.807) is 6.20 Å². The van der Waals surface area contributed by atoms with Gasteiger partial charge in [-0.15, -0.1) is 12.4 Å². The maximum absolute atomic E-state index is 12.3. The summed E-state index contributed by atoms with van der Waals surface area (Å²) in [5.74, 6) is 0.869. The van der Waals surface area contributed by atoms with Crippen LogP contribution in [0.15, 0.2) is 41.0 Å². The van der Waals surface area contributed by atoms with Crippen LogP contribution in [0.4, 0.5) is 5.82 Å². The average Bonchev–Trinajstić information content (AvgIpc) is 2.97. The Morgan fingerprint density at radius 1 is 1.35 bits per heavy atom. The number of hydrogen-bond donors (Lipinski definition) is 2. The van der Waals surface area contributed by atoms with Crippen LogP contribution < -0.4 is 10.6 Å². The van der Waals surface area contributed by atoms with Crippen LogP contribution in [0.25, 0.3) is 0 Å². The van der Waals surface area contributed by atoms with Gasteiger partial charge in [-0.1, -0.05) is 28.1 Å². The lowest BCUT2D eigenvalue weighted by atomic mass is 9.99. The zero-order valence-corrected chi connectivity index (χ0v) is 15.1. The molecule has 0 bridgehead atoms. The Bertz CT molecular complexity index is 638. The normalized spacial score (nSPS) is 17.3. The van der Waals surface area contributed by atoms with E-state index in [0.717, 1.165) is 41.8 Å². The standard InChI is InChI=1S/C16H19BrN4O.ClH/c17-14-5-3-12(4-6-14)11-21-15(7-9-19-21)20-16(22)13-2-1-8-18-10-13;/h3-7,9,13,18H,1-2,8,10-11H2,(H,20,22);1H. The minimum absolute atomic E-state index is 0. The smallest absolute Gasteiger partial charge is 0.229 e. The number of amides is 1. The second-order valence-corrected chi connectivity index (χ2v) is 6.45. The molecule has 3 rings (SSSR count). The number of anilines is 1. The van der Waals surface area contributed by atoms with Crippen molar-refractivity contribution in [3.05, 3.63) is 46.6 Å². The van der Waals surface area contributed by atoms with E-state index in [-0.39, 0.29) is 24.2 Å². The number of piperidine rings is 1.